The van der Waals surface area contributed by atoms with E-state index < -0.39 is 5.91 Å². The lowest BCUT2D eigenvalue weighted by Gasteiger charge is -2.28. The third-order valence-electron chi connectivity index (χ3n) is 4.29. The molecular formula is C18H19N3O3. The van der Waals surface area contributed by atoms with Crippen molar-refractivity contribution in [2.75, 3.05) is 11.9 Å². The summed E-state index contributed by atoms with van der Waals surface area (Å²) in [5.41, 5.74) is 2.59. The van der Waals surface area contributed by atoms with Crippen molar-refractivity contribution in [2.24, 2.45) is 7.05 Å². The number of rotatable bonds is 2. The van der Waals surface area contributed by atoms with E-state index in [4.69, 9.17) is 0 Å². The van der Waals surface area contributed by atoms with Gasteiger partial charge in [0.1, 0.15) is 5.56 Å². The summed E-state index contributed by atoms with van der Waals surface area (Å²) >= 11 is 0. The zero-order valence-electron chi connectivity index (χ0n) is 13.7. The lowest BCUT2D eigenvalue weighted by Crippen LogP contribution is -2.34. The number of aryl methyl sites for hydroxylation is 1. The maximum Gasteiger partial charge on any atom is 0.263 e. The molecule has 1 aromatic heterocycles. The number of amides is 2. The predicted molar refractivity (Wildman–Crippen MR) is 90.9 cm³/mol. The predicted octanol–water partition coefficient (Wildman–Crippen LogP) is 1.54. The van der Waals surface area contributed by atoms with Gasteiger partial charge in [-0.25, -0.2) is 0 Å². The Hall–Kier alpha value is -2.89. The van der Waals surface area contributed by atoms with Gasteiger partial charge in [0, 0.05) is 38.9 Å². The molecule has 0 unspecified atom stereocenters. The Kier molecular flexibility index (Phi) is 4.20. The van der Waals surface area contributed by atoms with Gasteiger partial charge in [0.15, 0.2) is 0 Å². The van der Waals surface area contributed by atoms with Crippen LogP contribution in [0.25, 0.3) is 0 Å². The van der Waals surface area contributed by atoms with E-state index in [1.54, 1.807) is 31.1 Å². The van der Waals surface area contributed by atoms with Gasteiger partial charge >= 0.3 is 0 Å². The normalized spacial score (nSPS) is 13.3. The van der Waals surface area contributed by atoms with Crippen LogP contribution in [0.1, 0.15) is 28.4 Å². The fourth-order valence-electron chi connectivity index (χ4n) is 2.87. The molecule has 124 valence electrons. The van der Waals surface area contributed by atoms with Crippen molar-refractivity contribution in [3.63, 3.8) is 0 Å². The Morgan fingerprint density at radius 3 is 2.71 bits per heavy atom. The molecule has 2 amide bonds. The number of carbonyl (C=O) groups is 2. The lowest BCUT2D eigenvalue weighted by atomic mass is 9.99. The van der Waals surface area contributed by atoms with Crippen molar-refractivity contribution in [1.82, 2.24) is 9.47 Å². The number of benzene rings is 1. The summed E-state index contributed by atoms with van der Waals surface area (Å²) in [7, 11) is 1.61. The van der Waals surface area contributed by atoms with Crippen LogP contribution < -0.4 is 10.9 Å². The minimum Gasteiger partial charge on any atom is -0.338 e. The number of fused-ring (bicyclic) bond motifs is 1. The van der Waals surface area contributed by atoms with E-state index in [2.05, 4.69) is 5.32 Å². The second kappa shape index (κ2) is 6.31. The van der Waals surface area contributed by atoms with E-state index in [0.29, 0.717) is 18.8 Å². The van der Waals surface area contributed by atoms with Crippen molar-refractivity contribution in [1.29, 1.82) is 0 Å². The second-order valence-electron chi connectivity index (χ2n) is 5.97. The van der Waals surface area contributed by atoms with Gasteiger partial charge in [0.25, 0.3) is 11.5 Å². The quantitative estimate of drug-likeness (QED) is 0.910. The molecule has 1 N–H and O–H groups in total. The van der Waals surface area contributed by atoms with Crippen molar-refractivity contribution in [3.8, 4) is 0 Å². The van der Waals surface area contributed by atoms with Gasteiger partial charge in [0.05, 0.1) is 0 Å². The fraction of sp³-hybridized carbons (Fsp3) is 0.278. The molecule has 3 rings (SSSR count). The summed E-state index contributed by atoms with van der Waals surface area (Å²) < 4.78 is 1.37. The molecule has 0 spiro atoms. The molecule has 0 fully saturated rings. The van der Waals surface area contributed by atoms with Crippen molar-refractivity contribution in [3.05, 3.63) is 63.6 Å². The summed E-state index contributed by atoms with van der Waals surface area (Å²) in [4.78, 5) is 37.7. The highest BCUT2D eigenvalue weighted by Gasteiger charge is 2.19. The summed E-state index contributed by atoms with van der Waals surface area (Å²) in [6, 6.07) is 8.83. The number of nitrogens with zero attached hydrogens (tertiary/aromatic N) is 2. The van der Waals surface area contributed by atoms with Crippen LogP contribution in [-0.4, -0.2) is 27.8 Å². The lowest BCUT2D eigenvalue weighted by molar-refractivity contribution is -0.129. The summed E-state index contributed by atoms with van der Waals surface area (Å²) in [5, 5.41) is 2.76. The first kappa shape index (κ1) is 16.0. The third-order valence-corrected chi connectivity index (χ3v) is 4.29. The molecule has 1 aliphatic rings. The molecule has 1 aromatic carbocycles. The standard InChI is InChI=1S/C18H19N3O3/c1-12(22)21-9-7-13-5-6-15(10-14(13)11-21)19-17(23)16-4-3-8-20(2)18(16)24/h3-6,8,10H,7,9,11H2,1-2H3,(H,19,23). The van der Waals surface area contributed by atoms with Crippen LogP contribution in [0, 0.1) is 0 Å². The number of aromatic nitrogens is 1. The summed E-state index contributed by atoms with van der Waals surface area (Å²) in [6.45, 7) is 2.82. The van der Waals surface area contributed by atoms with Gasteiger partial charge in [-0.05, 0) is 41.8 Å². The molecule has 2 aromatic rings. The first-order valence-electron chi connectivity index (χ1n) is 7.80. The van der Waals surface area contributed by atoms with Crippen LogP contribution in [0.5, 0.6) is 0 Å². The number of anilines is 1. The van der Waals surface area contributed by atoms with E-state index >= 15 is 0 Å². The Bertz CT molecular complexity index is 870. The largest absolute Gasteiger partial charge is 0.338 e. The molecule has 6 heteroatoms. The Balaban J connectivity index is 1.83. The van der Waals surface area contributed by atoms with Gasteiger partial charge in [0.2, 0.25) is 5.91 Å². The van der Waals surface area contributed by atoms with E-state index in [-0.39, 0.29) is 17.0 Å². The highest BCUT2D eigenvalue weighted by molar-refractivity contribution is 6.04. The number of pyridine rings is 1. The molecule has 0 bridgehead atoms. The first-order chi connectivity index (χ1) is 11.5. The van der Waals surface area contributed by atoms with Crippen molar-refractivity contribution < 1.29 is 9.59 Å². The average Bonchev–Trinajstić information content (AvgIpc) is 2.56. The molecule has 1 aliphatic heterocycles. The number of carbonyl (C=O) groups excluding carboxylic acids is 2. The van der Waals surface area contributed by atoms with Crippen LogP contribution >= 0.6 is 0 Å². The average molecular weight is 325 g/mol. The highest BCUT2D eigenvalue weighted by Crippen LogP contribution is 2.23. The van der Waals surface area contributed by atoms with Crippen molar-refractivity contribution >= 4 is 17.5 Å². The van der Waals surface area contributed by atoms with Crippen LogP contribution in [0.2, 0.25) is 0 Å². The van der Waals surface area contributed by atoms with E-state index in [1.165, 1.54) is 16.2 Å². The number of hydrogen-bond donors (Lipinski definition) is 1. The van der Waals surface area contributed by atoms with Gasteiger partial charge < -0.3 is 14.8 Å². The van der Waals surface area contributed by atoms with E-state index in [1.807, 2.05) is 18.2 Å². The fourth-order valence-corrected chi connectivity index (χ4v) is 2.87. The minimum atomic E-state index is -0.435. The van der Waals surface area contributed by atoms with Gasteiger partial charge in [-0.1, -0.05) is 6.07 Å². The maximum absolute atomic E-state index is 12.3. The molecule has 6 nitrogen and oxygen atoms in total. The Morgan fingerprint density at radius 1 is 1.17 bits per heavy atom. The molecule has 2 heterocycles. The zero-order chi connectivity index (χ0) is 17.3. The monoisotopic (exact) mass is 325 g/mol. The smallest absolute Gasteiger partial charge is 0.263 e. The topological polar surface area (TPSA) is 71.4 Å². The van der Waals surface area contributed by atoms with Gasteiger partial charge in [-0.2, -0.15) is 0 Å². The van der Waals surface area contributed by atoms with Crippen LogP contribution in [0.15, 0.2) is 41.3 Å². The van der Waals surface area contributed by atoms with E-state index in [0.717, 1.165) is 12.0 Å². The van der Waals surface area contributed by atoms with Crippen LogP contribution in [0.4, 0.5) is 5.69 Å². The number of hydrogen-bond acceptors (Lipinski definition) is 3. The Labute approximate surface area is 139 Å². The summed E-state index contributed by atoms with van der Waals surface area (Å²) in [6.07, 6.45) is 2.41. The van der Waals surface area contributed by atoms with Crippen LogP contribution in [-0.2, 0) is 24.8 Å². The second-order valence-corrected chi connectivity index (χ2v) is 5.97. The Morgan fingerprint density at radius 2 is 1.96 bits per heavy atom. The molecule has 24 heavy (non-hydrogen) atoms. The third kappa shape index (κ3) is 3.08. The molecule has 0 radical (unpaired) electrons. The van der Waals surface area contributed by atoms with Gasteiger partial charge in [-0.15, -0.1) is 0 Å². The molecule has 0 atom stereocenters. The SMILES string of the molecule is CC(=O)N1CCc2ccc(NC(=O)c3cccn(C)c3=O)cc2C1. The molecule has 0 saturated heterocycles. The molecule has 0 aliphatic carbocycles. The zero-order valence-corrected chi connectivity index (χ0v) is 13.7. The first-order valence-corrected chi connectivity index (χ1v) is 7.80. The van der Waals surface area contributed by atoms with E-state index in [9.17, 15) is 14.4 Å². The van der Waals surface area contributed by atoms with Crippen molar-refractivity contribution in [2.45, 2.75) is 19.9 Å². The highest BCUT2D eigenvalue weighted by atomic mass is 16.2. The minimum absolute atomic E-state index is 0.0443. The summed E-state index contributed by atoms with van der Waals surface area (Å²) in [5.74, 6) is -0.391. The molecular weight excluding hydrogens is 306 g/mol. The van der Waals surface area contributed by atoms with Crippen LogP contribution in [0.3, 0.4) is 0 Å². The number of nitrogens with one attached hydrogen (secondary N) is 1. The molecule has 0 saturated carbocycles. The van der Waals surface area contributed by atoms with Gasteiger partial charge in [-0.3, -0.25) is 14.4 Å². The maximum atomic E-state index is 12.3.